The summed E-state index contributed by atoms with van der Waals surface area (Å²) in [6, 6.07) is 4.20. The minimum atomic E-state index is -0.186. The van der Waals surface area contributed by atoms with Crippen LogP contribution in [0.1, 0.15) is 38.8 Å². The molecule has 7 heteroatoms. The van der Waals surface area contributed by atoms with Crippen molar-refractivity contribution in [3.8, 4) is 0 Å². The minimum Gasteiger partial charge on any atom is -0.310 e. The zero-order valence-corrected chi connectivity index (χ0v) is 13.4. The van der Waals surface area contributed by atoms with Crippen LogP contribution >= 0.6 is 11.8 Å². The van der Waals surface area contributed by atoms with Crippen LogP contribution in [0.5, 0.6) is 0 Å². The van der Waals surface area contributed by atoms with Crippen LogP contribution in [0, 0.1) is 0 Å². The average molecular weight is 307 g/mol. The molecule has 0 saturated carbocycles. The molecule has 0 aliphatic carbocycles. The smallest absolute Gasteiger partial charge is 0.310 e. The van der Waals surface area contributed by atoms with Crippen molar-refractivity contribution < 1.29 is 0 Å². The van der Waals surface area contributed by atoms with E-state index in [9.17, 15) is 4.79 Å². The van der Waals surface area contributed by atoms with E-state index in [1.54, 1.807) is 10.8 Å². The Balaban J connectivity index is 2.25. The molecule has 0 radical (unpaired) electrons. The number of pyridine rings is 1. The predicted octanol–water partition coefficient (Wildman–Crippen LogP) is 2.20. The number of hydrogen-bond donors (Lipinski definition) is 2. The first-order valence-corrected chi connectivity index (χ1v) is 8.00. The van der Waals surface area contributed by atoms with E-state index in [1.807, 2.05) is 13.0 Å². The van der Waals surface area contributed by atoms with Gasteiger partial charge in [0.1, 0.15) is 5.03 Å². The molecule has 2 N–H and O–H groups in total. The van der Waals surface area contributed by atoms with Crippen molar-refractivity contribution in [1.29, 1.82) is 0 Å². The number of H-pyrrole nitrogens is 1. The molecule has 21 heavy (non-hydrogen) atoms. The van der Waals surface area contributed by atoms with Gasteiger partial charge < -0.3 is 5.32 Å². The molecule has 2 heterocycles. The van der Waals surface area contributed by atoms with Crippen LogP contribution in [0.3, 0.4) is 0 Å². The van der Waals surface area contributed by atoms with Crippen molar-refractivity contribution in [3.63, 3.8) is 0 Å². The maximum atomic E-state index is 11.6. The molecule has 0 bridgehead atoms. The molecule has 114 valence electrons. The van der Waals surface area contributed by atoms with Crippen LogP contribution in [-0.4, -0.2) is 26.3 Å². The van der Waals surface area contributed by atoms with Gasteiger partial charge in [-0.05, 0) is 44.6 Å². The summed E-state index contributed by atoms with van der Waals surface area (Å²) in [5.41, 5.74) is 0.934. The molecule has 0 aliphatic heterocycles. The lowest BCUT2D eigenvalue weighted by Gasteiger charge is -2.16. The first kappa shape index (κ1) is 15.8. The van der Waals surface area contributed by atoms with Crippen molar-refractivity contribution in [1.82, 2.24) is 25.1 Å². The highest BCUT2D eigenvalue weighted by Gasteiger charge is 2.15. The molecule has 0 saturated heterocycles. The third-order valence-electron chi connectivity index (χ3n) is 3.20. The van der Waals surface area contributed by atoms with Crippen LogP contribution < -0.4 is 11.0 Å². The molecule has 1 unspecified atom stereocenters. The lowest BCUT2D eigenvalue weighted by molar-refractivity contribution is 0.559. The van der Waals surface area contributed by atoms with E-state index >= 15 is 0 Å². The maximum absolute atomic E-state index is 11.6. The Morgan fingerprint density at radius 1 is 1.48 bits per heavy atom. The van der Waals surface area contributed by atoms with Crippen LogP contribution in [0.15, 0.2) is 33.3 Å². The molecule has 2 aromatic rings. The third-order valence-corrected chi connectivity index (χ3v) is 4.22. The standard InChI is InChI=1S/C14H21N5OS/c1-4-8-15-10(3)11-7-6-9-16-12(11)21-14-18-17-13(20)19(14)5-2/h6-7,9-10,15H,4-5,8H2,1-3H3,(H,17,20). The van der Waals surface area contributed by atoms with Gasteiger partial charge in [-0.2, -0.15) is 0 Å². The second kappa shape index (κ2) is 7.42. The Kier molecular flexibility index (Phi) is 5.58. The second-order valence-corrected chi connectivity index (χ2v) is 5.69. The van der Waals surface area contributed by atoms with Gasteiger partial charge in [-0.1, -0.05) is 13.0 Å². The lowest BCUT2D eigenvalue weighted by atomic mass is 10.1. The van der Waals surface area contributed by atoms with Gasteiger partial charge in [-0.25, -0.2) is 14.9 Å². The highest BCUT2D eigenvalue weighted by atomic mass is 32.2. The normalized spacial score (nSPS) is 12.5. The van der Waals surface area contributed by atoms with Crippen LogP contribution in [0.2, 0.25) is 0 Å². The SMILES string of the molecule is CCCNC(C)c1cccnc1Sc1n[nH]c(=O)n1CC. The van der Waals surface area contributed by atoms with Gasteiger partial charge in [0.25, 0.3) is 0 Å². The average Bonchev–Trinajstić information content (AvgIpc) is 2.85. The van der Waals surface area contributed by atoms with Crippen molar-refractivity contribution in [2.24, 2.45) is 0 Å². The van der Waals surface area contributed by atoms with Crippen molar-refractivity contribution in [3.05, 3.63) is 34.4 Å². The summed E-state index contributed by atoms with van der Waals surface area (Å²) in [7, 11) is 0. The molecule has 0 fully saturated rings. The molecule has 1 atom stereocenters. The third kappa shape index (κ3) is 3.74. The molecule has 2 aromatic heterocycles. The van der Waals surface area contributed by atoms with Gasteiger partial charge in [-0.15, -0.1) is 5.10 Å². The Hall–Kier alpha value is -1.60. The maximum Gasteiger partial charge on any atom is 0.343 e. The number of aromatic nitrogens is 4. The Morgan fingerprint density at radius 3 is 3.00 bits per heavy atom. The highest BCUT2D eigenvalue weighted by Crippen LogP contribution is 2.29. The summed E-state index contributed by atoms with van der Waals surface area (Å²) < 4.78 is 1.60. The van der Waals surface area contributed by atoms with Gasteiger partial charge in [0.15, 0.2) is 5.16 Å². The van der Waals surface area contributed by atoms with Gasteiger partial charge in [0.2, 0.25) is 0 Å². The number of hydrogen-bond acceptors (Lipinski definition) is 5. The van der Waals surface area contributed by atoms with Crippen LogP contribution in [0.25, 0.3) is 0 Å². The molecule has 0 aliphatic rings. The molecule has 0 spiro atoms. The number of nitrogens with zero attached hydrogens (tertiary/aromatic N) is 3. The predicted molar refractivity (Wildman–Crippen MR) is 83.6 cm³/mol. The number of aromatic amines is 1. The van der Waals surface area contributed by atoms with E-state index in [2.05, 4.69) is 40.4 Å². The van der Waals surface area contributed by atoms with Crippen LogP contribution in [-0.2, 0) is 6.54 Å². The summed E-state index contributed by atoms with van der Waals surface area (Å²) in [6.45, 7) is 7.73. The van der Waals surface area contributed by atoms with E-state index in [0.717, 1.165) is 23.6 Å². The zero-order valence-electron chi connectivity index (χ0n) is 12.6. The molecular formula is C14H21N5OS. The van der Waals surface area contributed by atoms with Crippen molar-refractivity contribution in [2.75, 3.05) is 6.54 Å². The molecule has 0 aromatic carbocycles. The largest absolute Gasteiger partial charge is 0.343 e. The van der Waals surface area contributed by atoms with E-state index < -0.39 is 0 Å². The summed E-state index contributed by atoms with van der Waals surface area (Å²) in [5.74, 6) is 0. The fourth-order valence-electron chi connectivity index (χ4n) is 2.04. The summed E-state index contributed by atoms with van der Waals surface area (Å²) >= 11 is 1.42. The van der Waals surface area contributed by atoms with E-state index in [1.165, 1.54) is 11.8 Å². The summed E-state index contributed by atoms with van der Waals surface area (Å²) in [5, 5.41) is 11.5. The molecular weight excluding hydrogens is 286 g/mol. The summed E-state index contributed by atoms with van der Waals surface area (Å²) in [6.07, 6.45) is 2.85. The quantitative estimate of drug-likeness (QED) is 0.820. The molecule has 0 amide bonds. The number of nitrogens with one attached hydrogen (secondary N) is 2. The molecule has 2 rings (SSSR count). The minimum absolute atomic E-state index is 0.186. The Bertz CT molecular complexity index is 636. The van der Waals surface area contributed by atoms with Gasteiger partial charge >= 0.3 is 5.69 Å². The monoisotopic (exact) mass is 307 g/mol. The van der Waals surface area contributed by atoms with E-state index in [-0.39, 0.29) is 11.7 Å². The second-order valence-electron chi connectivity index (χ2n) is 4.73. The first-order chi connectivity index (χ1) is 10.2. The van der Waals surface area contributed by atoms with Gasteiger partial charge in [0, 0.05) is 24.3 Å². The Labute approximate surface area is 128 Å². The lowest BCUT2D eigenvalue weighted by Crippen LogP contribution is -2.20. The first-order valence-electron chi connectivity index (χ1n) is 7.18. The fraction of sp³-hybridized carbons (Fsp3) is 0.500. The fourth-order valence-corrected chi connectivity index (χ4v) is 3.10. The highest BCUT2D eigenvalue weighted by molar-refractivity contribution is 7.99. The van der Waals surface area contributed by atoms with Crippen LogP contribution in [0.4, 0.5) is 0 Å². The number of rotatable bonds is 7. The van der Waals surface area contributed by atoms with Gasteiger partial charge in [0.05, 0.1) is 0 Å². The van der Waals surface area contributed by atoms with Crippen molar-refractivity contribution in [2.45, 2.75) is 50.0 Å². The van der Waals surface area contributed by atoms with Gasteiger partial charge in [-0.3, -0.25) is 4.57 Å². The zero-order chi connectivity index (χ0) is 15.2. The molecule has 6 nitrogen and oxygen atoms in total. The topological polar surface area (TPSA) is 75.6 Å². The van der Waals surface area contributed by atoms with E-state index in [0.29, 0.717) is 11.7 Å². The summed E-state index contributed by atoms with van der Waals surface area (Å²) in [4.78, 5) is 16.1. The van der Waals surface area contributed by atoms with Crippen molar-refractivity contribution >= 4 is 11.8 Å². The Morgan fingerprint density at radius 2 is 2.29 bits per heavy atom. The van der Waals surface area contributed by atoms with E-state index in [4.69, 9.17) is 0 Å².